The average Bonchev–Trinajstić information content (AvgIpc) is 2.87. The second kappa shape index (κ2) is 2.79. The molecule has 0 unspecified atom stereocenters. The number of carbonyl (C=O) groups excluding carboxylic acids is 2. The van der Waals surface area contributed by atoms with Crippen LogP contribution in [0.15, 0.2) is 24.8 Å². The number of rotatable bonds is 2. The molecule has 0 radical (unpaired) electrons. The van der Waals surface area contributed by atoms with Crippen LogP contribution < -0.4 is 0 Å². The molecule has 3 aliphatic rings. The highest BCUT2D eigenvalue weighted by Crippen LogP contribution is 2.44. The van der Waals surface area contributed by atoms with E-state index in [4.69, 9.17) is 4.74 Å². The van der Waals surface area contributed by atoms with E-state index < -0.39 is 0 Å². The van der Waals surface area contributed by atoms with Crippen LogP contribution in [0.3, 0.4) is 0 Å². The molecule has 0 aromatic rings. The lowest BCUT2D eigenvalue weighted by Crippen LogP contribution is -2.34. The summed E-state index contributed by atoms with van der Waals surface area (Å²) in [6.45, 7) is 3.86. The number of likely N-dealkylation sites (tertiary alicyclic amines) is 1. The van der Waals surface area contributed by atoms with Crippen molar-refractivity contribution in [2.45, 2.75) is 12.2 Å². The van der Waals surface area contributed by atoms with E-state index in [9.17, 15) is 9.59 Å². The molecule has 0 aromatic heterocycles. The Morgan fingerprint density at radius 2 is 1.80 bits per heavy atom. The van der Waals surface area contributed by atoms with Crippen molar-refractivity contribution in [2.75, 3.05) is 6.54 Å². The number of hydrogen-bond acceptors (Lipinski definition) is 3. The Hall–Kier alpha value is -1.42. The van der Waals surface area contributed by atoms with Crippen molar-refractivity contribution in [3.63, 3.8) is 0 Å². The lowest BCUT2D eigenvalue weighted by molar-refractivity contribution is -0.141. The summed E-state index contributed by atoms with van der Waals surface area (Å²) in [5.41, 5.74) is 0. The van der Waals surface area contributed by atoms with E-state index in [0.717, 1.165) is 0 Å². The van der Waals surface area contributed by atoms with Crippen LogP contribution in [0.5, 0.6) is 0 Å². The third-order valence-corrected chi connectivity index (χ3v) is 3.31. The Morgan fingerprint density at radius 1 is 1.27 bits per heavy atom. The molecule has 3 rings (SSSR count). The van der Waals surface area contributed by atoms with E-state index in [1.807, 2.05) is 12.2 Å². The standard InChI is InChI=1S/C11H11NO3/c1-2-5-12-10(13)8-6-3-4-7(15-6)9(8)11(12)14/h2-4,6-9H,1,5H2/t6-,7-,8-,9-/m0/s1. The van der Waals surface area contributed by atoms with E-state index >= 15 is 0 Å². The fourth-order valence-corrected chi connectivity index (χ4v) is 2.67. The molecular formula is C11H11NO3. The van der Waals surface area contributed by atoms with Crippen LogP contribution in [0.2, 0.25) is 0 Å². The number of fused-ring (bicyclic) bond motifs is 5. The first-order valence-corrected chi connectivity index (χ1v) is 5.04. The minimum absolute atomic E-state index is 0.109. The molecule has 2 amide bonds. The summed E-state index contributed by atoms with van der Waals surface area (Å²) in [4.78, 5) is 25.1. The summed E-state index contributed by atoms with van der Waals surface area (Å²) in [6.07, 6.45) is 4.97. The van der Waals surface area contributed by atoms with Gasteiger partial charge in [0.1, 0.15) is 0 Å². The van der Waals surface area contributed by atoms with Crippen molar-refractivity contribution in [3.05, 3.63) is 24.8 Å². The summed E-state index contributed by atoms with van der Waals surface area (Å²) in [7, 11) is 0. The Labute approximate surface area is 87.2 Å². The molecule has 0 aliphatic carbocycles. The van der Waals surface area contributed by atoms with Gasteiger partial charge in [-0.25, -0.2) is 0 Å². The van der Waals surface area contributed by atoms with Gasteiger partial charge in [0, 0.05) is 6.54 Å². The van der Waals surface area contributed by atoms with E-state index in [1.165, 1.54) is 4.90 Å². The monoisotopic (exact) mass is 205 g/mol. The van der Waals surface area contributed by atoms with Crippen LogP contribution in [-0.4, -0.2) is 35.5 Å². The molecule has 0 N–H and O–H groups in total. The van der Waals surface area contributed by atoms with E-state index in [-0.39, 0.29) is 35.9 Å². The van der Waals surface area contributed by atoms with Gasteiger partial charge >= 0.3 is 0 Å². The van der Waals surface area contributed by atoms with Crippen molar-refractivity contribution in [2.24, 2.45) is 11.8 Å². The first-order valence-electron chi connectivity index (χ1n) is 5.04. The number of nitrogens with zero attached hydrogens (tertiary/aromatic N) is 1. The van der Waals surface area contributed by atoms with Gasteiger partial charge < -0.3 is 4.74 Å². The topological polar surface area (TPSA) is 46.6 Å². The molecule has 0 aromatic carbocycles. The lowest BCUT2D eigenvalue weighted by Gasteiger charge is -2.14. The molecule has 3 aliphatic heterocycles. The Balaban J connectivity index is 1.96. The van der Waals surface area contributed by atoms with E-state index in [2.05, 4.69) is 6.58 Å². The van der Waals surface area contributed by atoms with Crippen LogP contribution in [0, 0.1) is 11.8 Å². The molecule has 2 saturated heterocycles. The van der Waals surface area contributed by atoms with Crippen molar-refractivity contribution in [1.29, 1.82) is 0 Å². The molecular weight excluding hydrogens is 194 g/mol. The third kappa shape index (κ3) is 0.946. The molecule has 2 fully saturated rings. The van der Waals surface area contributed by atoms with Gasteiger partial charge in [-0.05, 0) is 0 Å². The molecule has 15 heavy (non-hydrogen) atoms. The second-order valence-electron chi connectivity index (χ2n) is 4.08. The third-order valence-electron chi connectivity index (χ3n) is 3.31. The maximum Gasteiger partial charge on any atom is 0.236 e. The number of imide groups is 1. The number of amides is 2. The van der Waals surface area contributed by atoms with Gasteiger partial charge in [0.15, 0.2) is 0 Å². The zero-order chi connectivity index (χ0) is 10.6. The van der Waals surface area contributed by atoms with Gasteiger partial charge in [-0.1, -0.05) is 18.2 Å². The SMILES string of the molecule is C=CCN1C(=O)[C@@H]2[C@@H](C1=O)[C@@H]1C=C[C@@H]2O1. The van der Waals surface area contributed by atoms with Crippen LogP contribution >= 0.6 is 0 Å². The van der Waals surface area contributed by atoms with E-state index in [1.54, 1.807) is 6.08 Å². The van der Waals surface area contributed by atoms with Gasteiger partial charge in [0.2, 0.25) is 11.8 Å². The second-order valence-corrected chi connectivity index (χ2v) is 4.08. The van der Waals surface area contributed by atoms with Gasteiger partial charge in [-0.2, -0.15) is 0 Å². The summed E-state index contributed by atoms with van der Waals surface area (Å²) >= 11 is 0. The Bertz CT molecular complexity index is 357. The largest absolute Gasteiger partial charge is 0.365 e. The van der Waals surface area contributed by atoms with Crippen molar-refractivity contribution >= 4 is 11.8 Å². The highest BCUT2D eigenvalue weighted by atomic mass is 16.5. The predicted molar refractivity (Wildman–Crippen MR) is 51.7 cm³/mol. The first-order chi connectivity index (χ1) is 7.24. The lowest BCUT2D eigenvalue weighted by atomic mass is 9.85. The fraction of sp³-hybridized carbons (Fsp3) is 0.455. The molecule has 4 atom stereocenters. The Morgan fingerprint density at radius 3 is 2.27 bits per heavy atom. The summed E-state index contributed by atoms with van der Waals surface area (Å²) in [5.74, 6) is -0.789. The highest BCUT2D eigenvalue weighted by Gasteiger charge is 2.60. The molecule has 0 spiro atoms. The van der Waals surface area contributed by atoms with Gasteiger partial charge in [0.25, 0.3) is 0 Å². The molecule has 4 heteroatoms. The van der Waals surface area contributed by atoms with E-state index in [0.29, 0.717) is 6.54 Å². The quantitative estimate of drug-likeness (QED) is 0.475. The van der Waals surface area contributed by atoms with Crippen molar-refractivity contribution < 1.29 is 14.3 Å². The normalized spacial score (nSPS) is 41.5. The minimum Gasteiger partial charge on any atom is -0.365 e. The van der Waals surface area contributed by atoms with Gasteiger partial charge in [-0.15, -0.1) is 6.58 Å². The summed E-state index contributed by atoms with van der Waals surface area (Å²) in [5, 5.41) is 0. The van der Waals surface area contributed by atoms with Crippen LogP contribution in [0.25, 0.3) is 0 Å². The predicted octanol–water partition coefficient (Wildman–Crippen LogP) is 0.111. The average molecular weight is 205 g/mol. The molecule has 2 bridgehead atoms. The molecule has 4 nitrogen and oxygen atoms in total. The molecule has 78 valence electrons. The molecule has 3 heterocycles. The Kier molecular flexibility index (Phi) is 1.65. The van der Waals surface area contributed by atoms with Crippen LogP contribution in [0.1, 0.15) is 0 Å². The van der Waals surface area contributed by atoms with Gasteiger partial charge in [0.05, 0.1) is 24.0 Å². The maximum absolute atomic E-state index is 11.9. The first kappa shape index (κ1) is 8.85. The number of ether oxygens (including phenoxy) is 1. The summed E-state index contributed by atoms with van der Waals surface area (Å²) in [6, 6.07) is 0. The highest BCUT2D eigenvalue weighted by molar-refractivity contribution is 6.06. The zero-order valence-electron chi connectivity index (χ0n) is 8.13. The maximum atomic E-state index is 11.9. The zero-order valence-corrected chi connectivity index (χ0v) is 8.13. The van der Waals surface area contributed by atoms with Gasteiger partial charge in [-0.3, -0.25) is 14.5 Å². The van der Waals surface area contributed by atoms with Crippen molar-refractivity contribution in [3.8, 4) is 0 Å². The minimum atomic E-state index is -0.285. The van der Waals surface area contributed by atoms with Crippen LogP contribution in [-0.2, 0) is 14.3 Å². The molecule has 0 saturated carbocycles. The summed E-state index contributed by atoms with van der Waals surface area (Å²) < 4.78 is 5.50. The smallest absolute Gasteiger partial charge is 0.236 e. The number of hydrogen-bond donors (Lipinski definition) is 0. The number of carbonyl (C=O) groups is 2. The van der Waals surface area contributed by atoms with Crippen molar-refractivity contribution in [1.82, 2.24) is 4.90 Å². The fourth-order valence-electron chi connectivity index (χ4n) is 2.67. The van der Waals surface area contributed by atoms with Crippen LogP contribution in [0.4, 0.5) is 0 Å².